The summed E-state index contributed by atoms with van der Waals surface area (Å²) < 4.78 is 5.06. The summed E-state index contributed by atoms with van der Waals surface area (Å²) in [6, 6.07) is 11.1. The Morgan fingerprint density at radius 2 is 1.37 bits per heavy atom. The van der Waals surface area contributed by atoms with E-state index in [9.17, 15) is 9.59 Å². The smallest absolute Gasteiger partial charge is 0.343 e. The topological polar surface area (TPSA) is 83.8 Å². The van der Waals surface area contributed by atoms with Gasteiger partial charge in [0.1, 0.15) is 11.5 Å². The summed E-state index contributed by atoms with van der Waals surface area (Å²) in [7, 11) is 0. The fourth-order valence-electron chi connectivity index (χ4n) is 1.43. The Kier molecular flexibility index (Phi) is 3.47. The lowest BCUT2D eigenvalue weighted by atomic mass is 10.2. The monoisotopic (exact) mass is 258 g/mol. The molecule has 0 fully saturated rings. The number of hydrogen-bond acceptors (Lipinski definition) is 4. The molecular formula is C14H10O5. The third-order valence-corrected chi connectivity index (χ3v) is 2.41. The van der Waals surface area contributed by atoms with E-state index in [4.69, 9.17) is 14.9 Å². The molecule has 2 N–H and O–H groups in total. The van der Waals surface area contributed by atoms with E-state index in [2.05, 4.69) is 0 Å². The zero-order valence-corrected chi connectivity index (χ0v) is 9.74. The highest BCUT2D eigenvalue weighted by molar-refractivity contribution is 5.91. The van der Waals surface area contributed by atoms with Gasteiger partial charge in [0.05, 0.1) is 11.1 Å². The highest BCUT2D eigenvalue weighted by Crippen LogP contribution is 2.16. The van der Waals surface area contributed by atoms with Crippen molar-refractivity contribution in [2.75, 3.05) is 0 Å². The van der Waals surface area contributed by atoms with Gasteiger partial charge in [-0.25, -0.2) is 9.59 Å². The number of carbonyl (C=O) groups excluding carboxylic acids is 1. The van der Waals surface area contributed by atoms with Crippen LogP contribution < -0.4 is 4.74 Å². The van der Waals surface area contributed by atoms with Gasteiger partial charge in [-0.2, -0.15) is 0 Å². The SMILES string of the molecule is O=C(O)c1ccc(OC(=O)c2ccc(O)cc2)cc1. The predicted molar refractivity (Wildman–Crippen MR) is 66.5 cm³/mol. The number of rotatable bonds is 3. The average Bonchev–Trinajstić information content (AvgIpc) is 2.40. The minimum atomic E-state index is -1.04. The minimum absolute atomic E-state index is 0.0577. The maximum atomic E-state index is 11.7. The van der Waals surface area contributed by atoms with Crippen LogP contribution in [-0.4, -0.2) is 22.2 Å². The zero-order chi connectivity index (χ0) is 13.8. The first kappa shape index (κ1) is 12.6. The molecule has 0 spiro atoms. The van der Waals surface area contributed by atoms with Gasteiger partial charge in [0.25, 0.3) is 0 Å². The summed E-state index contributed by atoms with van der Waals surface area (Å²) in [6.07, 6.45) is 0. The Labute approximate surface area is 108 Å². The van der Waals surface area contributed by atoms with Crippen molar-refractivity contribution in [2.45, 2.75) is 0 Å². The van der Waals surface area contributed by atoms with Crippen LogP contribution in [0.3, 0.4) is 0 Å². The van der Waals surface area contributed by atoms with Crippen molar-refractivity contribution in [3.05, 3.63) is 59.7 Å². The lowest BCUT2D eigenvalue weighted by Gasteiger charge is -2.04. The molecule has 0 amide bonds. The molecule has 0 heterocycles. The van der Waals surface area contributed by atoms with Crippen LogP contribution in [0.2, 0.25) is 0 Å². The van der Waals surface area contributed by atoms with E-state index in [1.165, 1.54) is 48.5 Å². The van der Waals surface area contributed by atoms with Gasteiger partial charge in [0, 0.05) is 0 Å². The molecule has 96 valence electrons. The van der Waals surface area contributed by atoms with Gasteiger partial charge in [-0.15, -0.1) is 0 Å². The number of phenols is 1. The average molecular weight is 258 g/mol. The number of aromatic hydroxyl groups is 1. The summed E-state index contributed by atoms with van der Waals surface area (Å²) in [5.74, 6) is -1.31. The summed E-state index contributed by atoms with van der Waals surface area (Å²) in [6.45, 7) is 0. The number of phenolic OH excluding ortho intramolecular Hbond substituents is 1. The molecule has 5 nitrogen and oxygen atoms in total. The molecule has 0 aliphatic heterocycles. The summed E-state index contributed by atoms with van der Waals surface area (Å²) in [5.41, 5.74) is 0.407. The fraction of sp³-hybridized carbons (Fsp3) is 0. The number of ether oxygens (including phenoxy) is 1. The molecule has 0 atom stereocenters. The molecule has 0 aliphatic rings. The van der Waals surface area contributed by atoms with Crippen LogP contribution in [0.5, 0.6) is 11.5 Å². The van der Waals surface area contributed by atoms with Crippen LogP contribution in [0.4, 0.5) is 0 Å². The molecular weight excluding hydrogens is 248 g/mol. The van der Waals surface area contributed by atoms with Gasteiger partial charge in [-0.1, -0.05) is 0 Å². The number of aromatic carboxylic acids is 1. The number of carbonyl (C=O) groups is 2. The third-order valence-electron chi connectivity index (χ3n) is 2.41. The van der Waals surface area contributed by atoms with Crippen LogP contribution in [-0.2, 0) is 0 Å². The second-order valence-electron chi connectivity index (χ2n) is 3.77. The highest BCUT2D eigenvalue weighted by Gasteiger charge is 2.09. The van der Waals surface area contributed by atoms with Gasteiger partial charge in [-0.3, -0.25) is 0 Å². The first-order valence-corrected chi connectivity index (χ1v) is 5.41. The van der Waals surface area contributed by atoms with E-state index in [0.29, 0.717) is 5.56 Å². The number of hydrogen-bond donors (Lipinski definition) is 2. The van der Waals surface area contributed by atoms with E-state index in [0.717, 1.165) is 0 Å². The maximum absolute atomic E-state index is 11.7. The van der Waals surface area contributed by atoms with Gasteiger partial charge in [0.2, 0.25) is 0 Å². The number of carboxylic acids is 1. The Morgan fingerprint density at radius 3 is 1.89 bits per heavy atom. The van der Waals surface area contributed by atoms with Gasteiger partial charge >= 0.3 is 11.9 Å². The van der Waals surface area contributed by atoms with Crippen molar-refractivity contribution in [3.63, 3.8) is 0 Å². The lowest BCUT2D eigenvalue weighted by Crippen LogP contribution is -2.08. The largest absolute Gasteiger partial charge is 0.508 e. The zero-order valence-electron chi connectivity index (χ0n) is 9.74. The van der Waals surface area contributed by atoms with Crippen LogP contribution in [0.25, 0.3) is 0 Å². The predicted octanol–water partition coefficient (Wildman–Crippen LogP) is 2.31. The van der Waals surface area contributed by atoms with Gasteiger partial charge in [-0.05, 0) is 48.5 Å². The Morgan fingerprint density at radius 1 is 0.842 bits per heavy atom. The van der Waals surface area contributed by atoms with Crippen molar-refractivity contribution in [2.24, 2.45) is 0 Å². The molecule has 19 heavy (non-hydrogen) atoms. The molecule has 0 radical (unpaired) electrons. The van der Waals surface area contributed by atoms with E-state index in [1.54, 1.807) is 0 Å². The summed E-state index contributed by atoms with van der Waals surface area (Å²) in [4.78, 5) is 22.4. The normalized spacial score (nSPS) is 9.89. The molecule has 0 saturated carbocycles. The Bertz CT molecular complexity index is 599. The third kappa shape index (κ3) is 3.10. The van der Waals surface area contributed by atoms with E-state index in [1.807, 2.05) is 0 Å². The van der Waals surface area contributed by atoms with Crippen molar-refractivity contribution < 1.29 is 24.5 Å². The second-order valence-corrected chi connectivity index (χ2v) is 3.77. The quantitative estimate of drug-likeness (QED) is 0.652. The lowest BCUT2D eigenvalue weighted by molar-refractivity contribution is 0.0696. The molecule has 0 aromatic heterocycles. The second kappa shape index (κ2) is 5.22. The maximum Gasteiger partial charge on any atom is 0.343 e. The number of carboxylic acid groups (broad SMARTS) is 1. The van der Waals surface area contributed by atoms with E-state index >= 15 is 0 Å². The van der Waals surface area contributed by atoms with Crippen LogP contribution in [0, 0.1) is 0 Å². The highest BCUT2D eigenvalue weighted by atomic mass is 16.5. The molecule has 0 saturated heterocycles. The Hall–Kier alpha value is -2.82. The molecule has 2 aromatic carbocycles. The van der Waals surface area contributed by atoms with E-state index in [-0.39, 0.29) is 17.1 Å². The molecule has 2 rings (SSSR count). The van der Waals surface area contributed by atoms with Crippen LogP contribution in [0.15, 0.2) is 48.5 Å². The van der Waals surface area contributed by atoms with Crippen LogP contribution in [0.1, 0.15) is 20.7 Å². The van der Waals surface area contributed by atoms with Crippen molar-refractivity contribution in [1.82, 2.24) is 0 Å². The first-order chi connectivity index (χ1) is 9.06. The van der Waals surface area contributed by atoms with E-state index < -0.39 is 11.9 Å². The number of benzene rings is 2. The number of esters is 1. The molecule has 0 bridgehead atoms. The van der Waals surface area contributed by atoms with Gasteiger partial charge in [0.15, 0.2) is 0 Å². The fourth-order valence-corrected chi connectivity index (χ4v) is 1.43. The standard InChI is InChI=1S/C14H10O5/c15-11-5-1-10(2-6-11)14(18)19-12-7-3-9(4-8-12)13(16)17/h1-8,15H,(H,16,17). The van der Waals surface area contributed by atoms with Crippen molar-refractivity contribution in [1.29, 1.82) is 0 Å². The molecule has 0 aliphatic carbocycles. The molecule has 2 aromatic rings. The van der Waals surface area contributed by atoms with Crippen LogP contribution >= 0.6 is 0 Å². The molecule has 5 heteroatoms. The summed E-state index contributed by atoms with van der Waals surface area (Å²) >= 11 is 0. The summed E-state index contributed by atoms with van der Waals surface area (Å²) in [5, 5.41) is 17.8. The van der Waals surface area contributed by atoms with Crippen molar-refractivity contribution >= 4 is 11.9 Å². The van der Waals surface area contributed by atoms with Crippen molar-refractivity contribution in [3.8, 4) is 11.5 Å². The first-order valence-electron chi connectivity index (χ1n) is 5.41. The molecule has 0 unspecified atom stereocenters. The minimum Gasteiger partial charge on any atom is -0.508 e. The van der Waals surface area contributed by atoms with Gasteiger partial charge < -0.3 is 14.9 Å². The Balaban J connectivity index is 2.10.